The van der Waals surface area contributed by atoms with E-state index in [9.17, 15) is 0 Å². The van der Waals surface area contributed by atoms with Gasteiger partial charge in [0.15, 0.2) is 17.5 Å². The van der Waals surface area contributed by atoms with E-state index in [-0.39, 0.29) is 5.41 Å². The van der Waals surface area contributed by atoms with Crippen LogP contribution in [0.2, 0.25) is 0 Å². The summed E-state index contributed by atoms with van der Waals surface area (Å²) in [5.74, 6) is 1.97. The van der Waals surface area contributed by atoms with Gasteiger partial charge < -0.3 is 0 Å². The number of aromatic nitrogens is 3. The highest BCUT2D eigenvalue weighted by Crippen LogP contribution is 2.63. The molecular weight excluding hydrogens is 691 g/mol. The van der Waals surface area contributed by atoms with Crippen molar-refractivity contribution >= 4 is 21.5 Å². The molecule has 0 saturated heterocycles. The van der Waals surface area contributed by atoms with Gasteiger partial charge in [0.1, 0.15) is 0 Å². The van der Waals surface area contributed by atoms with E-state index in [1.807, 2.05) is 18.2 Å². The first-order valence-electron chi connectivity index (χ1n) is 19.5. The summed E-state index contributed by atoms with van der Waals surface area (Å²) in [6.45, 7) is 0. The Labute approximate surface area is 330 Å². The standard InChI is InChI=1S/C54H33N3/c1-2-15-35(16-3-1)51-55-52(57-53(56-51)44-23-12-17-34-14-4-5-18-40(34)44)39-31-29-36-32-38(30-28-37(36)33-39)41-22-13-27-49-50(41)45-21-8-11-26-48(45)54(49)46-24-9-6-19-42(46)43-20-7-10-25-47(43)54/h1-33H. The molecule has 0 aliphatic heterocycles. The van der Waals surface area contributed by atoms with Crippen molar-refractivity contribution < 1.29 is 0 Å². The first kappa shape index (κ1) is 31.8. The summed E-state index contributed by atoms with van der Waals surface area (Å²) in [6, 6.07) is 72.2. The fraction of sp³-hybridized carbons (Fsp3) is 0.0185. The zero-order valence-corrected chi connectivity index (χ0v) is 30.9. The summed E-state index contributed by atoms with van der Waals surface area (Å²) in [5.41, 5.74) is 15.6. The summed E-state index contributed by atoms with van der Waals surface area (Å²) in [4.78, 5) is 15.2. The van der Waals surface area contributed by atoms with E-state index in [2.05, 4.69) is 182 Å². The molecule has 0 fully saturated rings. The maximum absolute atomic E-state index is 5.13. The van der Waals surface area contributed by atoms with E-state index < -0.39 is 0 Å². The van der Waals surface area contributed by atoms with Crippen LogP contribution in [0.1, 0.15) is 22.3 Å². The van der Waals surface area contributed by atoms with E-state index >= 15 is 0 Å². The third-order valence-electron chi connectivity index (χ3n) is 12.1. The summed E-state index contributed by atoms with van der Waals surface area (Å²) in [7, 11) is 0. The third-order valence-corrected chi connectivity index (χ3v) is 12.1. The Morgan fingerprint density at radius 3 is 1.53 bits per heavy atom. The lowest BCUT2D eigenvalue weighted by Gasteiger charge is -2.30. The van der Waals surface area contributed by atoms with Crippen molar-refractivity contribution in [2.75, 3.05) is 0 Å². The molecule has 3 nitrogen and oxygen atoms in total. The first-order valence-corrected chi connectivity index (χ1v) is 19.5. The molecule has 9 aromatic carbocycles. The number of nitrogens with zero attached hydrogens (tertiary/aromatic N) is 3. The average Bonchev–Trinajstić information content (AvgIpc) is 3.76. The molecular formula is C54H33N3. The van der Waals surface area contributed by atoms with Gasteiger partial charge in [-0.15, -0.1) is 0 Å². The average molecular weight is 724 g/mol. The summed E-state index contributed by atoms with van der Waals surface area (Å²) in [5, 5.41) is 4.57. The van der Waals surface area contributed by atoms with E-state index in [0.717, 1.165) is 38.2 Å². The van der Waals surface area contributed by atoms with Crippen LogP contribution in [0.15, 0.2) is 200 Å². The lowest BCUT2D eigenvalue weighted by Crippen LogP contribution is -2.25. The quantitative estimate of drug-likeness (QED) is 0.181. The van der Waals surface area contributed by atoms with Crippen LogP contribution in [0, 0.1) is 0 Å². The number of benzene rings is 9. The molecule has 3 heteroatoms. The largest absolute Gasteiger partial charge is 0.208 e. The van der Waals surface area contributed by atoms with Crippen LogP contribution in [-0.4, -0.2) is 15.0 Å². The van der Waals surface area contributed by atoms with Gasteiger partial charge in [0.05, 0.1) is 5.41 Å². The van der Waals surface area contributed by atoms with Gasteiger partial charge in [0.2, 0.25) is 0 Å². The Balaban J connectivity index is 1.00. The Morgan fingerprint density at radius 2 is 0.772 bits per heavy atom. The highest BCUT2D eigenvalue weighted by atomic mass is 15.0. The van der Waals surface area contributed by atoms with Crippen LogP contribution < -0.4 is 0 Å². The zero-order chi connectivity index (χ0) is 37.5. The van der Waals surface area contributed by atoms with Crippen LogP contribution >= 0.6 is 0 Å². The predicted molar refractivity (Wildman–Crippen MR) is 233 cm³/mol. The molecule has 0 unspecified atom stereocenters. The van der Waals surface area contributed by atoms with Crippen LogP contribution in [0.25, 0.3) is 89.1 Å². The first-order chi connectivity index (χ1) is 28.3. The van der Waals surface area contributed by atoms with Gasteiger partial charge in [-0.05, 0) is 89.3 Å². The molecule has 1 spiro atoms. The molecule has 1 heterocycles. The van der Waals surface area contributed by atoms with Crippen LogP contribution in [-0.2, 0) is 5.41 Å². The van der Waals surface area contributed by atoms with Crippen molar-refractivity contribution in [1.29, 1.82) is 0 Å². The van der Waals surface area contributed by atoms with Gasteiger partial charge >= 0.3 is 0 Å². The highest BCUT2D eigenvalue weighted by molar-refractivity contribution is 6.01. The normalized spacial score (nSPS) is 13.1. The Hall–Kier alpha value is -7.49. The smallest absolute Gasteiger partial charge is 0.164 e. The second-order valence-electron chi connectivity index (χ2n) is 15.1. The number of rotatable bonds is 4. The second-order valence-corrected chi connectivity index (χ2v) is 15.1. The molecule has 0 bridgehead atoms. The minimum absolute atomic E-state index is 0.366. The molecule has 0 saturated carbocycles. The van der Waals surface area contributed by atoms with Gasteiger partial charge in [-0.1, -0.05) is 188 Å². The summed E-state index contributed by atoms with van der Waals surface area (Å²) >= 11 is 0. The van der Waals surface area contributed by atoms with Crippen LogP contribution in [0.3, 0.4) is 0 Å². The van der Waals surface area contributed by atoms with Gasteiger partial charge in [-0.2, -0.15) is 0 Å². The number of hydrogen-bond donors (Lipinski definition) is 0. The number of fused-ring (bicyclic) bond motifs is 12. The monoisotopic (exact) mass is 723 g/mol. The van der Waals surface area contributed by atoms with E-state index in [0.29, 0.717) is 17.5 Å². The highest BCUT2D eigenvalue weighted by Gasteiger charge is 2.51. The van der Waals surface area contributed by atoms with E-state index in [1.165, 1.54) is 55.6 Å². The Kier molecular flexibility index (Phi) is 6.84. The molecule has 57 heavy (non-hydrogen) atoms. The minimum atomic E-state index is -0.366. The van der Waals surface area contributed by atoms with Crippen molar-refractivity contribution in [3.8, 4) is 67.5 Å². The maximum Gasteiger partial charge on any atom is 0.164 e. The molecule has 0 N–H and O–H groups in total. The van der Waals surface area contributed by atoms with Gasteiger partial charge in [0.25, 0.3) is 0 Å². The minimum Gasteiger partial charge on any atom is -0.208 e. The van der Waals surface area contributed by atoms with E-state index in [4.69, 9.17) is 15.0 Å². The summed E-state index contributed by atoms with van der Waals surface area (Å²) < 4.78 is 0. The van der Waals surface area contributed by atoms with Crippen molar-refractivity contribution in [2.45, 2.75) is 5.41 Å². The molecule has 2 aliphatic carbocycles. The second kappa shape index (κ2) is 12.3. The molecule has 2 aliphatic rings. The Bertz CT molecular complexity index is 3200. The number of hydrogen-bond acceptors (Lipinski definition) is 3. The fourth-order valence-corrected chi connectivity index (χ4v) is 9.70. The fourth-order valence-electron chi connectivity index (χ4n) is 9.70. The van der Waals surface area contributed by atoms with Crippen LogP contribution in [0.4, 0.5) is 0 Å². The molecule has 10 aromatic rings. The van der Waals surface area contributed by atoms with Crippen LogP contribution in [0.5, 0.6) is 0 Å². The van der Waals surface area contributed by atoms with Crippen molar-refractivity contribution in [1.82, 2.24) is 15.0 Å². The van der Waals surface area contributed by atoms with Crippen molar-refractivity contribution in [3.05, 3.63) is 222 Å². The zero-order valence-electron chi connectivity index (χ0n) is 30.9. The maximum atomic E-state index is 5.13. The van der Waals surface area contributed by atoms with Gasteiger partial charge in [-0.3, -0.25) is 0 Å². The molecule has 1 aromatic heterocycles. The predicted octanol–water partition coefficient (Wildman–Crippen LogP) is 13.2. The van der Waals surface area contributed by atoms with E-state index in [1.54, 1.807) is 0 Å². The molecule has 0 amide bonds. The van der Waals surface area contributed by atoms with Crippen molar-refractivity contribution in [2.24, 2.45) is 0 Å². The molecule has 0 radical (unpaired) electrons. The Morgan fingerprint density at radius 1 is 0.281 bits per heavy atom. The topological polar surface area (TPSA) is 38.7 Å². The lowest BCUT2D eigenvalue weighted by atomic mass is 9.70. The van der Waals surface area contributed by atoms with Gasteiger partial charge in [-0.25, -0.2) is 15.0 Å². The summed E-state index contributed by atoms with van der Waals surface area (Å²) in [6.07, 6.45) is 0. The third kappa shape index (κ3) is 4.63. The lowest BCUT2D eigenvalue weighted by molar-refractivity contribution is 0.794. The molecule has 12 rings (SSSR count). The van der Waals surface area contributed by atoms with Crippen molar-refractivity contribution in [3.63, 3.8) is 0 Å². The molecule has 264 valence electrons. The molecule has 0 atom stereocenters. The van der Waals surface area contributed by atoms with Gasteiger partial charge in [0, 0.05) is 16.7 Å². The SMILES string of the molecule is c1ccc(-c2nc(-c3ccc4cc(-c5cccc6c5-c5ccccc5C65c6ccccc6-c6ccccc65)ccc4c3)nc(-c3cccc4ccccc34)n2)cc1.